The molecular formula is C11H13N. The van der Waals surface area contributed by atoms with Crippen LogP contribution in [0.1, 0.15) is 19.3 Å². The SMILES string of the molecule is C1=CC2=C3CCCC3NC2C=C1. The Morgan fingerprint density at radius 3 is 3.33 bits per heavy atom. The van der Waals surface area contributed by atoms with E-state index in [1.165, 1.54) is 19.3 Å². The summed E-state index contributed by atoms with van der Waals surface area (Å²) in [6, 6.07) is 1.24. The summed E-state index contributed by atoms with van der Waals surface area (Å²) >= 11 is 0. The molecule has 2 unspecified atom stereocenters. The topological polar surface area (TPSA) is 12.0 Å². The predicted octanol–water partition coefficient (Wildman–Crippen LogP) is 1.93. The highest BCUT2D eigenvalue weighted by atomic mass is 15.0. The minimum absolute atomic E-state index is 0.537. The Balaban J connectivity index is 2.06. The minimum atomic E-state index is 0.537. The highest BCUT2D eigenvalue weighted by molar-refractivity contribution is 5.46. The third-order valence-corrected chi connectivity index (χ3v) is 3.14. The van der Waals surface area contributed by atoms with Crippen molar-refractivity contribution in [2.75, 3.05) is 0 Å². The summed E-state index contributed by atoms with van der Waals surface area (Å²) in [6.07, 6.45) is 12.9. The van der Waals surface area contributed by atoms with Crippen molar-refractivity contribution in [2.45, 2.75) is 31.3 Å². The van der Waals surface area contributed by atoms with E-state index in [2.05, 4.69) is 29.6 Å². The summed E-state index contributed by atoms with van der Waals surface area (Å²) < 4.78 is 0. The molecule has 1 nitrogen and oxygen atoms in total. The Bertz CT molecular complexity index is 296. The van der Waals surface area contributed by atoms with Crippen LogP contribution in [0.2, 0.25) is 0 Å². The summed E-state index contributed by atoms with van der Waals surface area (Å²) in [5.41, 5.74) is 3.24. The second-order valence-corrected chi connectivity index (χ2v) is 3.81. The van der Waals surface area contributed by atoms with E-state index in [1.54, 1.807) is 11.1 Å². The maximum absolute atomic E-state index is 3.64. The van der Waals surface area contributed by atoms with Gasteiger partial charge in [0.25, 0.3) is 0 Å². The quantitative estimate of drug-likeness (QED) is 0.569. The molecule has 0 amide bonds. The van der Waals surface area contributed by atoms with Gasteiger partial charge in [0.1, 0.15) is 0 Å². The zero-order valence-corrected chi connectivity index (χ0v) is 7.09. The first-order valence-electron chi connectivity index (χ1n) is 4.79. The molecule has 3 rings (SSSR count). The third kappa shape index (κ3) is 0.774. The van der Waals surface area contributed by atoms with Crippen molar-refractivity contribution >= 4 is 0 Å². The number of fused-ring (bicyclic) bond motifs is 2. The van der Waals surface area contributed by atoms with Gasteiger partial charge in [-0.3, -0.25) is 0 Å². The van der Waals surface area contributed by atoms with Crippen LogP contribution in [0.15, 0.2) is 35.5 Å². The van der Waals surface area contributed by atoms with Gasteiger partial charge in [-0.2, -0.15) is 0 Å². The molecular weight excluding hydrogens is 146 g/mol. The number of hydrogen-bond acceptors (Lipinski definition) is 1. The second kappa shape index (κ2) is 2.33. The van der Waals surface area contributed by atoms with Crippen molar-refractivity contribution in [1.82, 2.24) is 5.32 Å². The zero-order valence-electron chi connectivity index (χ0n) is 7.09. The molecule has 2 atom stereocenters. The van der Waals surface area contributed by atoms with Gasteiger partial charge in [-0.05, 0) is 30.4 Å². The van der Waals surface area contributed by atoms with Crippen LogP contribution in [-0.2, 0) is 0 Å². The first-order chi connectivity index (χ1) is 5.95. The Hall–Kier alpha value is -0.820. The summed E-state index contributed by atoms with van der Waals surface area (Å²) in [7, 11) is 0. The molecule has 1 saturated carbocycles. The lowest BCUT2D eigenvalue weighted by atomic mass is 10.00. The molecule has 1 heterocycles. The van der Waals surface area contributed by atoms with E-state index in [0.29, 0.717) is 12.1 Å². The Kier molecular flexibility index (Phi) is 1.30. The molecule has 0 bridgehead atoms. The molecule has 0 aromatic carbocycles. The average Bonchev–Trinajstić information content (AvgIpc) is 2.62. The van der Waals surface area contributed by atoms with Gasteiger partial charge in [0.05, 0.1) is 6.04 Å². The van der Waals surface area contributed by atoms with Crippen molar-refractivity contribution in [2.24, 2.45) is 0 Å². The molecule has 0 spiro atoms. The van der Waals surface area contributed by atoms with Gasteiger partial charge < -0.3 is 5.32 Å². The number of allylic oxidation sites excluding steroid dienone is 2. The molecule has 0 aromatic heterocycles. The minimum Gasteiger partial charge on any atom is -0.300 e. The Morgan fingerprint density at radius 2 is 2.33 bits per heavy atom. The predicted molar refractivity (Wildman–Crippen MR) is 49.9 cm³/mol. The average molecular weight is 159 g/mol. The molecule has 3 aliphatic rings. The lowest BCUT2D eigenvalue weighted by molar-refractivity contribution is 0.597. The van der Waals surface area contributed by atoms with E-state index in [9.17, 15) is 0 Å². The van der Waals surface area contributed by atoms with Gasteiger partial charge in [-0.15, -0.1) is 0 Å². The van der Waals surface area contributed by atoms with E-state index in [1.807, 2.05) is 0 Å². The van der Waals surface area contributed by atoms with Crippen molar-refractivity contribution in [3.8, 4) is 0 Å². The fourth-order valence-electron chi connectivity index (χ4n) is 2.59. The Labute approximate surface area is 72.9 Å². The van der Waals surface area contributed by atoms with Crippen LogP contribution in [-0.4, -0.2) is 12.1 Å². The van der Waals surface area contributed by atoms with Gasteiger partial charge in [0.2, 0.25) is 0 Å². The second-order valence-electron chi connectivity index (χ2n) is 3.81. The molecule has 0 radical (unpaired) electrons. The van der Waals surface area contributed by atoms with Crippen molar-refractivity contribution in [3.05, 3.63) is 35.5 Å². The highest BCUT2D eigenvalue weighted by Gasteiger charge is 2.33. The van der Waals surface area contributed by atoms with Crippen LogP contribution in [0.5, 0.6) is 0 Å². The van der Waals surface area contributed by atoms with Crippen LogP contribution in [0, 0.1) is 0 Å². The van der Waals surface area contributed by atoms with Crippen LogP contribution in [0.25, 0.3) is 0 Å². The van der Waals surface area contributed by atoms with Gasteiger partial charge in [-0.1, -0.05) is 24.3 Å². The van der Waals surface area contributed by atoms with Crippen LogP contribution >= 0.6 is 0 Å². The maximum atomic E-state index is 3.64. The third-order valence-electron chi connectivity index (χ3n) is 3.14. The van der Waals surface area contributed by atoms with Crippen molar-refractivity contribution in [3.63, 3.8) is 0 Å². The zero-order chi connectivity index (χ0) is 7.97. The van der Waals surface area contributed by atoms with E-state index >= 15 is 0 Å². The highest BCUT2D eigenvalue weighted by Crippen LogP contribution is 2.36. The summed E-state index contributed by atoms with van der Waals surface area (Å²) in [5, 5.41) is 3.64. The fourth-order valence-corrected chi connectivity index (χ4v) is 2.59. The van der Waals surface area contributed by atoms with Crippen LogP contribution < -0.4 is 5.32 Å². The molecule has 1 aliphatic heterocycles. The lowest BCUT2D eigenvalue weighted by Crippen LogP contribution is -2.30. The van der Waals surface area contributed by atoms with Gasteiger partial charge >= 0.3 is 0 Å². The van der Waals surface area contributed by atoms with Gasteiger partial charge in [-0.25, -0.2) is 0 Å². The maximum Gasteiger partial charge on any atom is 0.0514 e. The summed E-state index contributed by atoms with van der Waals surface area (Å²) in [4.78, 5) is 0. The van der Waals surface area contributed by atoms with Crippen LogP contribution in [0.3, 0.4) is 0 Å². The normalized spacial score (nSPS) is 37.3. The van der Waals surface area contributed by atoms with Gasteiger partial charge in [0.15, 0.2) is 0 Å². The number of nitrogens with one attached hydrogen (secondary N) is 1. The molecule has 1 heteroatoms. The van der Waals surface area contributed by atoms with Gasteiger partial charge in [0, 0.05) is 6.04 Å². The molecule has 2 aliphatic carbocycles. The van der Waals surface area contributed by atoms with E-state index < -0.39 is 0 Å². The monoisotopic (exact) mass is 159 g/mol. The molecule has 1 fully saturated rings. The standard InChI is InChI=1S/C11H13N/c1-2-6-10-8(4-1)9-5-3-7-11(9)12-10/h1-2,4,6,10-12H,3,5,7H2. The molecule has 0 aromatic rings. The molecule has 1 N–H and O–H groups in total. The number of hydrogen-bond donors (Lipinski definition) is 1. The smallest absolute Gasteiger partial charge is 0.0514 e. The number of rotatable bonds is 0. The van der Waals surface area contributed by atoms with Crippen molar-refractivity contribution in [1.29, 1.82) is 0 Å². The summed E-state index contributed by atoms with van der Waals surface area (Å²) in [5.74, 6) is 0. The molecule has 0 saturated heterocycles. The first-order valence-corrected chi connectivity index (χ1v) is 4.79. The molecule has 12 heavy (non-hydrogen) atoms. The van der Waals surface area contributed by atoms with E-state index in [0.717, 1.165) is 0 Å². The first kappa shape index (κ1) is 6.67. The van der Waals surface area contributed by atoms with Crippen molar-refractivity contribution < 1.29 is 0 Å². The lowest BCUT2D eigenvalue weighted by Gasteiger charge is -2.12. The van der Waals surface area contributed by atoms with E-state index in [4.69, 9.17) is 0 Å². The molecule has 62 valence electrons. The van der Waals surface area contributed by atoms with E-state index in [-0.39, 0.29) is 0 Å². The van der Waals surface area contributed by atoms with Crippen LogP contribution in [0.4, 0.5) is 0 Å². The fraction of sp³-hybridized carbons (Fsp3) is 0.455. The summed E-state index contributed by atoms with van der Waals surface area (Å²) in [6.45, 7) is 0. The Morgan fingerprint density at radius 1 is 1.33 bits per heavy atom. The largest absolute Gasteiger partial charge is 0.300 e.